The summed E-state index contributed by atoms with van der Waals surface area (Å²) >= 11 is 2.32. The van der Waals surface area contributed by atoms with Crippen LogP contribution < -0.4 is 5.73 Å². The molecule has 1 heterocycles. The number of hydrogen-bond donors (Lipinski definition) is 1. The molecule has 1 fully saturated rings. The van der Waals surface area contributed by atoms with E-state index in [0.717, 1.165) is 41.6 Å². The number of nitrogens with two attached hydrogens (primary N) is 1. The van der Waals surface area contributed by atoms with E-state index in [1.54, 1.807) is 0 Å². The van der Waals surface area contributed by atoms with Crippen molar-refractivity contribution in [3.63, 3.8) is 0 Å². The van der Waals surface area contributed by atoms with Crippen LogP contribution in [-0.2, 0) is 6.54 Å². The minimum atomic E-state index is -0.315. The molecule has 3 nitrogen and oxygen atoms in total. The van der Waals surface area contributed by atoms with Crippen LogP contribution in [0.2, 0.25) is 0 Å². The first kappa shape index (κ1) is 16.5. The fraction of sp³-hybridized carbons (Fsp3) is 0.316. The molecule has 0 unspecified atom stereocenters. The predicted octanol–water partition coefficient (Wildman–Crippen LogP) is 3.77. The lowest BCUT2D eigenvalue weighted by atomic mass is 9.86. The van der Waals surface area contributed by atoms with Crippen LogP contribution in [0.25, 0.3) is 0 Å². The van der Waals surface area contributed by atoms with Crippen molar-refractivity contribution in [3.05, 3.63) is 68.8 Å². The highest BCUT2D eigenvalue weighted by atomic mass is 127. The van der Waals surface area contributed by atoms with Crippen LogP contribution in [0.1, 0.15) is 40.2 Å². The van der Waals surface area contributed by atoms with E-state index < -0.39 is 0 Å². The fourth-order valence-electron chi connectivity index (χ4n) is 3.39. The Hall–Kier alpha value is -1.40. The van der Waals surface area contributed by atoms with Gasteiger partial charge < -0.3 is 5.73 Å². The van der Waals surface area contributed by atoms with Crippen molar-refractivity contribution in [1.29, 1.82) is 0 Å². The molecule has 23 heavy (non-hydrogen) atoms. The lowest BCUT2D eigenvalue weighted by Gasteiger charge is -2.33. The van der Waals surface area contributed by atoms with Crippen molar-refractivity contribution in [2.75, 3.05) is 13.1 Å². The van der Waals surface area contributed by atoms with Crippen LogP contribution >= 0.6 is 22.6 Å². The summed E-state index contributed by atoms with van der Waals surface area (Å²) in [5.74, 6) is 0.114. The Morgan fingerprint density at radius 2 is 1.78 bits per heavy atom. The molecule has 0 radical (unpaired) electrons. The smallest absolute Gasteiger partial charge is 0.249 e. The highest BCUT2D eigenvalue weighted by molar-refractivity contribution is 14.1. The molecule has 2 aromatic carbocycles. The molecule has 0 spiro atoms. The van der Waals surface area contributed by atoms with Crippen molar-refractivity contribution in [1.82, 2.24) is 4.90 Å². The molecular formula is C19H21IN2O. The van der Waals surface area contributed by atoms with Gasteiger partial charge in [-0.1, -0.05) is 36.4 Å². The van der Waals surface area contributed by atoms with E-state index in [-0.39, 0.29) is 5.91 Å². The van der Waals surface area contributed by atoms with Crippen molar-refractivity contribution < 1.29 is 4.79 Å². The van der Waals surface area contributed by atoms with E-state index in [9.17, 15) is 4.79 Å². The SMILES string of the molecule is NC(=O)c1cccc(I)c1C1CCN(Cc2ccccc2)CC1. The summed E-state index contributed by atoms with van der Waals surface area (Å²) in [6.07, 6.45) is 2.15. The molecule has 0 aliphatic carbocycles. The third-order valence-corrected chi connectivity index (χ3v) is 5.50. The normalized spacial score (nSPS) is 16.4. The summed E-state index contributed by atoms with van der Waals surface area (Å²) in [5.41, 5.74) is 8.77. The maximum absolute atomic E-state index is 11.7. The Morgan fingerprint density at radius 3 is 2.43 bits per heavy atom. The van der Waals surface area contributed by atoms with Gasteiger partial charge in [0.2, 0.25) is 5.91 Å². The minimum Gasteiger partial charge on any atom is -0.366 e. The molecule has 1 aliphatic heterocycles. The summed E-state index contributed by atoms with van der Waals surface area (Å²) in [7, 11) is 0. The second-order valence-electron chi connectivity index (χ2n) is 6.10. The van der Waals surface area contributed by atoms with Gasteiger partial charge in [0.25, 0.3) is 0 Å². The summed E-state index contributed by atoms with van der Waals surface area (Å²) < 4.78 is 1.15. The number of piperidine rings is 1. The number of rotatable bonds is 4. The van der Waals surface area contributed by atoms with Crippen molar-refractivity contribution in [3.8, 4) is 0 Å². The van der Waals surface area contributed by atoms with Crippen LogP contribution in [0, 0.1) is 3.57 Å². The van der Waals surface area contributed by atoms with Gasteiger partial charge in [-0.05, 0) is 77.7 Å². The predicted molar refractivity (Wildman–Crippen MR) is 101 cm³/mol. The highest BCUT2D eigenvalue weighted by Gasteiger charge is 2.25. The third kappa shape index (κ3) is 3.93. The van der Waals surface area contributed by atoms with Gasteiger partial charge in [-0.15, -0.1) is 0 Å². The number of likely N-dealkylation sites (tertiary alicyclic amines) is 1. The number of carbonyl (C=O) groups is 1. The molecule has 1 aliphatic rings. The van der Waals surface area contributed by atoms with Gasteiger partial charge >= 0.3 is 0 Å². The number of hydrogen-bond acceptors (Lipinski definition) is 2. The first-order valence-electron chi connectivity index (χ1n) is 7.99. The number of amides is 1. The molecule has 2 aromatic rings. The Kier molecular flexibility index (Phi) is 5.33. The maximum Gasteiger partial charge on any atom is 0.249 e. The third-order valence-electron chi connectivity index (χ3n) is 4.56. The Labute approximate surface area is 151 Å². The lowest BCUT2D eigenvalue weighted by Crippen LogP contribution is -2.33. The first-order chi connectivity index (χ1) is 11.1. The largest absolute Gasteiger partial charge is 0.366 e. The molecule has 3 rings (SSSR count). The second-order valence-corrected chi connectivity index (χ2v) is 7.26. The first-order valence-corrected chi connectivity index (χ1v) is 9.07. The van der Waals surface area contributed by atoms with E-state index in [4.69, 9.17) is 5.73 Å². The number of benzene rings is 2. The maximum atomic E-state index is 11.7. The molecule has 120 valence electrons. The van der Waals surface area contributed by atoms with E-state index in [2.05, 4.69) is 63.9 Å². The zero-order valence-corrected chi connectivity index (χ0v) is 15.2. The van der Waals surface area contributed by atoms with Gasteiger partial charge in [0.15, 0.2) is 0 Å². The van der Waals surface area contributed by atoms with Gasteiger partial charge in [-0.3, -0.25) is 9.69 Å². The molecule has 0 saturated carbocycles. The van der Waals surface area contributed by atoms with Gasteiger partial charge in [0.1, 0.15) is 0 Å². The van der Waals surface area contributed by atoms with Crippen LogP contribution in [0.3, 0.4) is 0 Å². The average Bonchev–Trinajstić information content (AvgIpc) is 2.56. The average molecular weight is 420 g/mol. The topological polar surface area (TPSA) is 46.3 Å². The van der Waals surface area contributed by atoms with Gasteiger partial charge in [0.05, 0.1) is 0 Å². The Morgan fingerprint density at radius 1 is 1.09 bits per heavy atom. The quantitative estimate of drug-likeness (QED) is 0.766. The van der Waals surface area contributed by atoms with E-state index in [1.807, 2.05) is 12.1 Å². The Balaban J connectivity index is 1.69. The summed E-state index contributed by atoms with van der Waals surface area (Å²) in [5, 5.41) is 0. The van der Waals surface area contributed by atoms with E-state index in [1.165, 1.54) is 5.56 Å². The van der Waals surface area contributed by atoms with Crippen molar-refractivity contribution in [2.45, 2.75) is 25.3 Å². The monoisotopic (exact) mass is 420 g/mol. The highest BCUT2D eigenvalue weighted by Crippen LogP contribution is 2.34. The molecule has 2 N–H and O–H groups in total. The van der Waals surface area contributed by atoms with E-state index in [0.29, 0.717) is 11.5 Å². The second kappa shape index (κ2) is 7.45. The van der Waals surface area contributed by atoms with Gasteiger partial charge in [0, 0.05) is 15.7 Å². The number of nitrogens with zero attached hydrogens (tertiary/aromatic N) is 1. The summed E-state index contributed by atoms with van der Waals surface area (Å²) in [6.45, 7) is 3.12. The van der Waals surface area contributed by atoms with Crippen LogP contribution in [0.4, 0.5) is 0 Å². The van der Waals surface area contributed by atoms with Gasteiger partial charge in [-0.2, -0.15) is 0 Å². The lowest BCUT2D eigenvalue weighted by molar-refractivity contribution is 0.0998. The van der Waals surface area contributed by atoms with Crippen molar-refractivity contribution >= 4 is 28.5 Å². The molecule has 0 aromatic heterocycles. The van der Waals surface area contributed by atoms with Crippen LogP contribution in [0.15, 0.2) is 48.5 Å². The summed E-state index contributed by atoms with van der Waals surface area (Å²) in [4.78, 5) is 14.2. The molecule has 0 bridgehead atoms. The zero-order valence-electron chi connectivity index (χ0n) is 13.0. The van der Waals surface area contributed by atoms with Crippen LogP contribution in [0.5, 0.6) is 0 Å². The number of halogens is 1. The number of primary amides is 1. The standard InChI is InChI=1S/C19H21IN2O/c20-17-8-4-7-16(19(21)23)18(17)15-9-11-22(12-10-15)13-14-5-2-1-3-6-14/h1-8,15H,9-13H2,(H2,21,23). The van der Waals surface area contributed by atoms with E-state index >= 15 is 0 Å². The molecule has 1 amide bonds. The zero-order chi connectivity index (χ0) is 16.2. The number of carbonyl (C=O) groups excluding carboxylic acids is 1. The molecular weight excluding hydrogens is 399 g/mol. The summed E-state index contributed by atoms with van der Waals surface area (Å²) in [6, 6.07) is 16.4. The van der Waals surface area contributed by atoms with Crippen molar-refractivity contribution in [2.24, 2.45) is 5.73 Å². The Bertz CT molecular complexity index is 679. The fourth-order valence-corrected chi connectivity index (χ4v) is 4.33. The molecule has 0 atom stereocenters. The van der Waals surface area contributed by atoms with Gasteiger partial charge in [-0.25, -0.2) is 0 Å². The molecule has 1 saturated heterocycles. The minimum absolute atomic E-state index is 0.315. The molecule has 4 heteroatoms. The van der Waals surface area contributed by atoms with Crippen LogP contribution in [-0.4, -0.2) is 23.9 Å².